The van der Waals surface area contributed by atoms with Crippen LogP contribution in [-0.4, -0.2) is 63.2 Å². The molecule has 2 amide bonds. The minimum Gasteiger partial charge on any atom is -0.481 e. The van der Waals surface area contributed by atoms with Gasteiger partial charge in [0.15, 0.2) is 0 Å². The largest absolute Gasteiger partial charge is 0.481 e. The maximum absolute atomic E-state index is 12.6. The fraction of sp³-hybridized carbons (Fsp3) is 0.792. The summed E-state index contributed by atoms with van der Waals surface area (Å²) in [6.45, 7) is 0.477. The van der Waals surface area contributed by atoms with E-state index in [2.05, 4.69) is 10.6 Å². The summed E-state index contributed by atoms with van der Waals surface area (Å²) in [5.41, 5.74) is 5.40. The molecule has 0 radical (unpaired) electrons. The molecule has 0 aromatic rings. The van der Waals surface area contributed by atoms with Crippen LogP contribution in [-0.2, 0) is 24.0 Å². The van der Waals surface area contributed by atoms with E-state index in [0.717, 1.165) is 51.4 Å². The number of nitrogens with one attached hydrogen (secondary N) is 2. The van der Waals surface area contributed by atoms with Crippen molar-refractivity contribution in [1.29, 1.82) is 0 Å². The molecule has 11 nitrogen and oxygen atoms in total. The van der Waals surface area contributed by atoms with Crippen molar-refractivity contribution in [3.05, 3.63) is 0 Å². The first-order valence-corrected chi connectivity index (χ1v) is 12.4. The highest BCUT2D eigenvalue weighted by atomic mass is 16.4. The van der Waals surface area contributed by atoms with Crippen molar-refractivity contribution in [2.75, 3.05) is 0 Å². The predicted molar refractivity (Wildman–Crippen MR) is 130 cm³/mol. The van der Waals surface area contributed by atoms with Crippen molar-refractivity contribution in [1.82, 2.24) is 10.6 Å². The van der Waals surface area contributed by atoms with Gasteiger partial charge in [-0.1, -0.05) is 58.3 Å². The van der Waals surface area contributed by atoms with Crippen molar-refractivity contribution in [2.45, 2.75) is 121 Å². The normalized spacial score (nSPS) is 13.8. The number of hydrogen-bond acceptors (Lipinski definition) is 6. The second-order valence-electron chi connectivity index (χ2n) is 8.76. The molecule has 0 aromatic heterocycles. The Labute approximate surface area is 208 Å². The molecule has 11 heteroatoms. The van der Waals surface area contributed by atoms with E-state index < -0.39 is 47.8 Å². The van der Waals surface area contributed by atoms with E-state index in [4.69, 9.17) is 17.3 Å². The van der Waals surface area contributed by atoms with E-state index in [1.165, 1.54) is 0 Å². The van der Waals surface area contributed by atoms with Gasteiger partial charge in [0.05, 0.1) is 0 Å². The van der Waals surface area contributed by atoms with Crippen LogP contribution in [0.4, 0.5) is 0 Å². The van der Waals surface area contributed by atoms with Gasteiger partial charge in [0.25, 0.3) is 0 Å². The van der Waals surface area contributed by atoms with Crippen molar-refractivity contribution < 1.29 is 40.7 Å². The highest BCUT2D eigenvalue weighted by Gasteiger charge is 2.27. The van der Waals surface area contributed by atoms with Gasteiger partial charge in [-0.05, 0) is 32.1 Å². The summed E-state index contributed by atoms with van der Waals surface area (Å²) in [5.74, 6) is -4.90. The lowest BCUT2D eigenvalue weighted by atomic mass is 10.0. The molecule has 3 atom stereocenters. The van der Waals surface area contributed by atoms with Crippen LogP contribution in [0, 0.1) is 0 Å². The van der Waals surface area contributed by atoms with E-state index in [1.54, 1.807) is 0 Å². The third kappa shape index (κ3) is 17.4. The number of carboxylic acid groups (broad SMARTS) is 3. The first-order chi connectivity index (χ1) is 17.1. The first-order valence-electron chi connectivity index (χ1n) is 13.1. The lowest BCUT2D eigenvalue weighted by Crippen LogP contribution is -2.51. The topological polar surface area (TPSA) is 196 Å². The van der Waals surface area contributed by atoms with Gasteiger partial charge in [0.1, 0.15) is 18.1 Å². The molecule has 0 rings (SSSR count). The maximum Gasteiger partial charge on any atom is 0.326 e. The number of hydrogen-bond donors (Lipinski definition) is 6. The second-order valence-corrected chi connectivity index (χ2v) is 8.76. The lowest BCUT2D eigenvalue weighted by molar-refractivity contribution is -0.143. The molecule has 0 fully saturated rings. The zero-order valence-corrected chi connectivity index (χ0v) is 20.5. The lowest BCUT2D eigenvalue weighted by Gasteiger charge is -2.21. The summed E-state index contributed by atoms with van der Waals surface area (Å²) in [6, 6.07) is -3.66. The van der Waals surface area contributed by atoms with Crippen LogP contribution in [0.5, 0.6) is 0 Å². The number of carboxylic acids is 3. The van der Waals surface area contributed by atoms with Gasteiger partial charge in [0.2, 0.25) is 11.8 Å². The molecule has 0 bridgehead atoms. The summed E-state index contributed by atoms with van der Waals surface area (Å²) < 4.78 is 7.11. The van der Waals surface area contributed by atoms with Crippen molar-refractivity contribution in [2.24, 2.45) is 5.73 Å². The van der Waals surface area contributed by atoms with Crippen LogP contribution in [0.2, 0.25) is 0 Å². The minimum absolute atomic E-state index is 0.0279. The Morgan fingerprint density at radius 1 is 0.714 bits per heavy atom. The third-order valence-corrected chi connectivity index (χ3v) is 5.64. The molecule has 0 aromatic carbocycles. The maximum atomic E-state index is 12.6. The van der Waals surface area contributed by atoms with Crippen LogP contribution in [0.15, 0.2) is 0 Å². The third-order valence-electron chi connectivity index (χ3n) is 5.64. The summed E-state index contributed by atoms with van der Waals surface area (Å²) in [4.78, 5) is 58.2. The monoisotopic (exact) mass is 502 g/mol. The number of amides is 2. The van der Waals surface area contributed by atoms with Gasteiger partial charge in [-0.3, -0.25) is 19.2 Å². The van der Waals surface area contributed by atoms with Crippen LogP contribution < -0.4 is 16.4 Å². The molecular weight excluding hydrogens is 458 g/mol. The van der Waals surface area contributed by atoms with Crippen LogP contribution in [0.1, 0.15) is 105 Å². The Balaban J connectivity index is 4.56. The zero-order valence-electron chi connectivity index (χ0n) is 21.5. The Morgan fingerprint density at radius 2 is 1.31 bits per heavy atom. The van der Waals surface area contributed by atoms with Gasteiger partial charge >= 0.3 is 17.9 Å². The molecule has 202 valence electrons. The molecule has 7 N–H and O–H groups in total. The first kappa shape index (κ1) is 30.3. The van der Waals surface area contributed by atoms with E-state index in [1.807, 2.05) is 0 Å². The average molecular weight is 503 g/mol. The molecule has 0 spiro atoms. The summed E-state index contributed by atoms with van der Waals surface area (Å²) >= 11 is 0. The number of aliphatic carboxylic acids is 3. The van der Waals surface area contributed by atoms with Gasteiger partial charge in [0, 0.05) is 14.2 Å². The fourth-order valence-corrected chi connectivity index (χ4v) is 3.52. The van der Waals surface area contributed by atoms with Crippen molar-refractivity contribution in [3.63, 3.8) is 0 Å². The van der Waals surface area contributed by atoms with E-state index >= 15 is 0 Å². The number of carbonyl (C=O) groups excluding carboxylic acids is 2. The van der Waals surface area contributed by atoms with E-state index in [0.29, 0.717) is 13.3 Å². The molecule has 0 saturated carbocycles. The Kier molecular flexibility index (Phi) is 17.0. The summed E-state index contributed by atoms with van der Waals surface area (Å²) in [5, 5.41) is 32.0. The van der Waals surface area contributed by atoms with E-state index in [-0.39, 0.29) is 38.5 Å². The van der Waals surface area contributed by atoms with E-state index in [9.17, 15) is 29.1 Å². The zero-order chi connectivity index (χ0) is 27.3. The Bertz CT molecular complexity index is 692. The van der Waals surface area contributed by atoms with Gasteiger partial charge < -0.3 is 31.7 Å². The summed E-state index contributed by atoms with van der Waals surface area (Å²) in [6.07, 6.45) is 8.68. The average Bonchev–Trinajstić information content (AvgIpc) is 2.81. The molecule has 0 aliphatic carbocycles. The second kappa shape index (κ2) is 19.6. The Morgan fingerprint density at radius 3 is 1.86 bits per heavy atom. The minimum atomic E-state index is -1.33. The molecular formula is C24H43N3O8. The number of carbonyl (C=O) groups is 5. The highest BCUT2D eigenvalue weighted by Crippen LogP contribution is 2.11. The Hall–Kier alpha value is -2.69. The van der Waals surface area contributed by atoms with Gasteiger partial charge in [-0.15, -0.1) is 0 Å². The fourth-order valence-electron chi connectivity index (χ4n) is 3.52. The van der Waals surface area contributed by atoms with Gasteiger partial charge in [-0.25, -0.2) is 4.79 Å². The number of rotatable bonds is 22. The van der Waals surface area contributed by atoms with Crippen LogP contribution in [0.3, 0.4) is 0 Å². The number of unbranched alkanes of at least 4 members (excludes halogenated alkanes) is 8. The molecule has 0 saturated heterocycles. The smallest absolute Gasteiger partial charge is 0.326 e. The van der Waals surface area contributed by atoms with Crippen LogP contribution in [0.25, 0.3) is 0 Å². The molecule has 0 aliphatic rings. The molecule has 0 unspecified atom stereocenters. The summed E-state index contributed by atoms with van der Waals surface area (Å²) in [7, 11) is 0. The van der Waals surface area contributed by atoms with Crippen molar-refractivity contribution in [3.8, 4) is 0 Å². The standard InChI is InChI=1S/C24H43N3O8/c1-2-3-4-5-6-7-8-9-10-14-20(28)26-18(15-16-21(29)30)22(31)27-19(24(34)35)13-11-12-17(25)23(32)33/h17-19H,2-16,25H2,1H3,(H,26,28)(H,27,31)(H,29,30)(H,32,33)(H,34,35)/t17-,18+,19+/m1/s1/i1D. The molecule has 0 heterocycles. The highest BCUT2D eigenvalue weighted by molar-refractivity contribution is 5.90. The predicted octanol–water partition coefficient (Wildman–Crippen LogP) is 2.41. The molecule has 0 aliphatic heterocycles. The number of nitrogens with two attached hydrogens (primary N) is 1. The quantitative estimate of drug-likeness (QED) is 0.120. The molecule has 35 heavy (non-hydrogen) atoms. The van der Waals surface area contributed by atoms with Gasteiger partial charge in [-0.2, -0.15) is 0 Å². The van der Waals surface area contributed by atoms with Crippen molar-refractivity contribution >= 4 is 29.7 Å². The van der Waals surface area contributed by atoms with Crippen LogP contribution >= 0.6 is 0 Å². The SMILES string of the molecule is [2H]CCCCCCCCCCCC(=O)N[C@@H](CCC(=O)O)C(=O)N[C@@H](CCC[C@@H](N)C(=O)O)C(=O)O.